The van der Waals surface area contributed by atoms with E-state index in [0.29, 0.717) is 11.7 Å². The molecule has 0 aromatic heterocycles. The number of benzene rings is 2. The molecule has 3 N–H and O–H groups in total. The number of methoxy groups -OCH3 is 2. The Morgan fingerprint density at radius 3 is 2.32 bits per heavy atom. The van der Waals surface area contributed by atoms with Crippen LogP contribution in [-0.4, -0.2) is 40.0 Å². The smallest absolute Gasteiger partial charge is 0.171 e. The predicted molar refractivity (Wildman–Crippen MR) is 106 cm³/mol. The van der Waals surface area contributed by atoms with Crippen LogP contribution >= 0.6 is 12.2 Å². The molecule has 0 heterocycles. The molecule has 0 unspecified atom stereocenters. The van der Waals surface area contributed by atoms with Crippen LogP contribution in [0.5, 0.6) is 11.5 Å². The van der Waals surface area contributed by atoms with Gasteiger partial charge in [0.2, 0.25) is 0 Å². The fraction of sp³-hybridized carbons (Fsp3) is 0.316. The lowest BCUT2D eigenvalue weighted by Crippen LogP contribution is -3.07. The first-order valence-electron chi connectivity index (χ1n) is 8.17. The molecule has 0 radical (unpaired) electrons. The quantitative estimate of drug-likeness (QED) is 0.658. The van der Waals surface area contributed by atoms with E-state index in [1.165, 1.54) is 4.90 Å². The van der Waals surface area contributed by atoms with Gasteiger partial charge in [-0.2, -0.15) is 0 Å². The molecule has 0 bridgehead atoms. The number of anilines is 1. The molecule has 2 aromatic rings. The van der Waals surface area contributed by atoms with Crippen molar-refractivity contribution in [3.05, 3.63) is 54.1 Å². The van der Waals surface area contributed by atoms with E-state index in [4.69, 9.17) is 21.7 Å². The highest BCUT2D eigenvalue weighted by Crippen LogP contribution is 2.22. The van der Waals surface area contributed by atoms with Crippen LogP contribution in [0.4, 0.5) is 5.69 Å². The Labute approximate surface area is 154 Å². The van der Waals surface area contributed by atoms with Crippen molar-refractivity contribution in [2.75, 3.05) is 40.2 Å². The normalized spacial score (nSPS) is 11.7. The molecule has 25 heavy (non-hydrogen) atoms. The Morgan fingerprint density at radius 2 is 1.72 bits per heavy atom. The minimum absolute atomic E-state index is 0.215. The molecule has 0 aliphatic carbocycles. The van der Waals surface area contributed by atoms with Crippen LogP contribution in [0.25, 0.3) is 0 Å². The van der Waals surface area contributed by atoms with Crippen molar-refractivity contribution in [3.8, 4) is 11.5 Å². The number of thiocarbonyl (C=S) groups is 1. The van der Waals surface area contributed by atoms with Gasteiger partial charge in [0.05, 0.1) is 40.4 Å². The van der Waals surface area contributed by atoms with E-state index in [0.717, 1.165) is 22.7 Å². The summed E-state index contributed by atoms with van der Waals surface area (Å²) in [5.74, 6) is 1.71. The van der Waals surface area contributed by atoms with Crippen LogP contribution in [-0.2, 0) is 0 Å². The summed E-state index contributed by atoms with van der Waals surface area (Å²) in [6.45, 7) is 0.699. The minimum Gasteiger partial charge on any atom is -0.497 e. The van der Waals surface area contributed by atoms with Gasteiger partial charge in [0.15, 0.2) is 5.11 Å². The third kappa shape index (κ3) is 5.34. The number of rotatable bonds is 7. The molecule has 0 amide bonds. The third-order valence-electron chi connectivity index (χ3n) is 4.03. The Morgan fingerprint density at radius 1 is 1.04 bits per heavy atom. The molecule has 6 heteroatoms. The van der Waals surface area contributed by atoms with Gasteiger partial charge in [-0.25, -0.2) is 0 Å². The lowest BCUT2D eigenvalue weighted by molar-refractivity contribution is -0.890. The zero-order chi connectivity index (χ0) is 18.2. The average Bonchev–Trinajstić information content (AvgIpc) is 2.62. The van der Waals surface area contributed by atoms with Crippen LogP contribution < -0.4 is 25.0 Å². The summed E-state index contributed by atoms with van der Waals surface area (Å²) in [6.07, 6.45) is 0. The van der Waals surface area contributed by atoms with E-state index in [2.05, 4.69) is 30.8 Å². The maximum Gasteiger partial charge on any atom is 0.171 e. The lowest BCUT2D eigenvalue weighted by Gasteiger charge is -2.24. The molecule has 0 aliphatic rings. The number of quaternary nitrogens is 1. The first kappa shape index (κ1) is 19.0. The standard InChI is InChI=1S/C19H25N3O2S/c1-22(2)17(16-7-5-6-8-18(16)24-4)13-20-19(25)21-14-9-11-15(23-3)12-10-14/h5-12,17H,13H2,1-4H3,(H2,20,21,25)/p+1/t17-/m0/s1. The fourth-order valence-corrected chi connectivity index (χ4v) is 2.82. The van der Waals surface area contributed by atoms with Crippen molar-refractivity contribution in [2.45, 2.75) is 6.04 Å². The van der Waals surface area contributed by atoms with E-state index in [9.17, 15) is 0 Å². The largest absolute Gasteiger partial charge is 0.497 e. The van der Waals surface area contributed by atoms with Crippen LogP contribution in [0.15, 0.2) is 48.5 Å². The Bertz CT molecular complexity index is 689. The van der Waals surface area contributed by atoms with Gasteiger partial charge in [0.1, 0.15) is 17.5 Å². The number of likely N-dealkylation sites (N-methyl/N-ethyl adjacent to an activating group) is 1. The second kappa shape index (κ2) is 9.25. The molecule has 0 spiro atoms. The van der Waals surface area contributed by atoms with Gasteiger partial charge in [0, 0.05) is 5.69 Å². The van der Waals surface area contributed by atoms with E-state index in [1.807, 2.05) is 42.5 Å². The minimum atomic E-state index is 0.215. The highest BCUT2D eigenvalue weighted by atomic mass is 32.1. The van der Waals surface area contributed by atoms with Crippen molar-refractivity contribution in [1.29, 1.82) is 0 Å². The average molecular weight is 361 g/mol. The summed E-state index contributed by atoms with van der Waals surface area (Å²) in [5.41, 5.74) is 2.08. The molecule has 0 aliphatic heterocycles. The molecule has 134 valence electrons. The molecular weight excluding hydrogens is 334 g/mol. The number of ether oxygens (including phenoxy) is 2. The summed E-state index contributed by atoms with van der Waals surface area (Å²) in [5, 5.41) is 7.08. The second-order valence-electron chi connectivity index (χ2n) is 5.94. The van der Waals surface area contributed by atoms with E-state index < -0.39 is 0 Å². The first-order chi connectivity index (χ1) is 12.0. The van der Waals surface area contributed by atoms with E-state index in [1.54, 1.807) is 14.2 Å². The predicted octanol–water partition coefficient (Wildman–Crippen LogP) is 1.88. The van der Waals surface area contributed by atoms with Crippen molar-refractivity contribution in [1.82, 2.24) is 5.32 Å². The molecular formula is C19H26N3O2S+. The molecule has 0 saturated heterocycles. The van der Waals surface area contributed by atoms with Crippen LogP contribution in [0, 0.1) is 0 Å². The van der Waals surface area contributed by atoms with Crippen LogP contribution in [0.3, 0.4) is 0 Å². The molecule has 1 atom stereocenters. The first-order valence-corrected chi connectivity index (χ1v) is 8.57. The maximum absolute atomic E-state index is 5.50. The Balaban J connectivity index is 1.99. The van der Waals surface area contributed by atoms with Gasteiger partial charge >= 0.3 is 0 Å². The SMILES string of the molecule is COc1ccc(NC(=S)NC[C@@H](c2ccccc2OC)[NH+](C)C)cc1. The van der Waals surface area contributed by atoms with Crippen molar-refractivity contribution in [2.24, 2.45) is 0 Å². The maximum atomic E-state index is 5.50. The highest BCUT2D eigenvalue weighted by molar-refractivity contribution is 7.80. The third-order valence-corrected chi connectivity index (χ3v) is 4.27. The zero-order valence-electron chi connectivity index (χ0n) is 15.1. The Kier molecular flexibility index (Phi) is 7.03. The number of hydrogen-bond acceptors (Lipinski definition) is 3. The number of para-hydroxylation sites is 1. The van der Waals surface area contributed by atoms with Crippen LogP contribution in [0.2, 0.25) is 0 Å². The zero-order valence-corrected chi connectivity index (χ0v) is 15.9. The summed E-state index contributed by atoms with van der Waals surface area (Å²) in [4.78, 5) is 1.30. The number of hydrogen-bond donors (Lipinski definition) is 3. The summed E-state index contributed by atoms with van der Waals surface area (Å²) in [7, 11) is 7.60. The van der Waals surface area contributed by atoms with Crippen molar-refractivity contribution < 1.29 is 14.4 Å². The van der Waals surface area contributed by atoms with Crippen molar-refractivity contribution >= 4 is 23.0 Å². The van der Waals surface area contributed by atoms with E-state index >= 15 is 0 Å². The monoisotopic (exact) mass is 360 g/mol. The molecule has 5 nitrogen and oxygen atoms in total. The van der Waals surface area contributed by atoms with Gasteiger partial charge in [-0.05, 0) is 48.6 Å². The Hall–Kier alpha value is -2.31. The van der Waals surface area contributed by atoms with Gasteiger partial charge in [-0.1, -0.05) is 12.1 Å². The summed E-state index contributed by atoms with van der Waals surface area (Å²) in [6, 6.07) is 16.0. The molecule has 0 fully saturated rings. The topological polar surface area (TPSA) is 47.0 Å². The van der Waals surface area contributed by atoms with Crippen molar-refractivity contribution in [3.63, 3.8) is 0 Å². The molecule has 0 saturated carbocycles. The molecule has 2 rings (SSSR count). The highest BCUT2D eigenvalue weighted by Gasteiger charge is 2.21. The van der Waals surface area contributed by atoms with Crippen LogP contribution in [0.1, 0.15) is 11.6 Å². The van der Waals surface area contributed by atoms with E-state index in [-0.39, 0.29) is 6.04 Å². The second-order valence-corrected chi connectivity index (χ2v) is 6.34. The van der Waals surface area contributed by atoms with Gasteiger partial charge in [-0.15, -0.1) is 0 Å². The lowest BCUT2D eigenvalue weighted by atomic mass is 10.0. The number of nitrogens with one attached hydrogen (secondary N) is 3. The summed E-state index contributed by atoms with van der Waals surface area (Å²) >= 11 is 5.42. The molecule has 2 aromatic carbocycles. The van der Waals surface area contributed by atoms with Gasteiger partial charge in [-0.3, -0.25) is 0 Å². The van der Waals surface area contributed by atoms with Gasteiger partial charge < -0.3 is 25.0 Å². The van der Waals surface area contributed by atoms with Gasteiger partial charge in [0.25, 0.3) is 0 Å². The summed E-state index contributed by atoms with van der Waals surface area (Å²) < 4.78 is 10.7. The fourth-order valence-electron chi connectivity index (χ4n) is 2.62.